The van der Waals surface area contributed by atoms with Crippen LogP contribution in [0.4, 0.5) is 0 Å². The van der Waals surface area contributed by atoms with E-state index < -0.39 is 0 Å². The van der Waals surface area contributed by atoms with Crippen molar-refractivity contribution in [3.63, 3.8) is 0 Å². The first-order chi connectivity index (χ1) is 8.09. The van der Waals surface area contributed by atoms with Crippen LogP contribution in [0.15, 0.2) is 0 Å². The van der Waals surface area contributed by atoms with Crippen molar-refractivity contribution >= 4 is 5.91 Å². The molecule has 2 aliphatic rings. The molecule has 0 aromatic heterocycles. The van der Waals surface area contributed by atoms with E-state index in [1.54, 1.807) is 0 Å². The molecule has 0 heterocycles. The molecule has 98 valence electrons. The van der Waals surface area contributed by atoms with Gasteiger partial charge in [-0.05, 0) is 43.9 Å². The first kappa shape index (κ1) is 12.9. The molecular weight excluding hydrogens is 212 g/mol. The van der Waals surface area contributed by atoms with Crippen LogP contribution in [-0.4, -0.2) is 36.5 Å². The van der Waals surface area contributed by atoms with Crippen LogP contribution in [0.1, 0.15) is 46.5 Å². The molecular formula is C14H26N2O. The van der Waals surface area contributed by atoms with E-state index in [2.05, 4.69) is 26.1 Å². The summed E-state index contributed by atoms with van der Waals surface area (Å²) >= 11 is 0. The maximum absolute atomic E-state index is 12.0. The number of hydrogen-bond donors (Lipinski definition) is 1. The molecule has 1 N–H and O–H groups in total. The molecule has 0 bridgehead atoms. The molecule has 2 aliphatic carbocycles. The van der Waals surface area contributed by atoms with Crippen LogP contribution in [0.2, 0.25) is 0 Å². The summed E-state index contributed by atoms with van der Waals surface area (Å²) in [7, 11) is 0. The van der Waals surface area contributed by atoms with E-state index in [1.807, 2.05) is 4.90 Å². The Labute approximate surface area is 105 Å². The number of hydrogen-bond acceptors (Lipinski definition) is 2. The Balaban J connectivity index is 1.69. The number of nitrogens with one attached hydrogen (secondary N) is 1. The van der Waals surface area contributed by atoms with Crippen LogP contribution < -0.4 is 5.32 Å². The van der Waals surface area contributed by atoms with Gasteiger partial charge < -0.3 is 10.2 Å². The fourth-order valence-corrected chi connectivity index (χ4v) is 2.66. The zero-order valence-corrected chi connectivity index (χ0v) is 11.5. The topological polar surface area (TPSA) is 32.3 Å². The minimum absolute atomic E-state index is 0.287. The highest BCUT2D eigenvalue weighted by Gasteiger charge is 2.44. The lowest BCUT2D eigenvalue weighted by Gasteiger charge is -2.23. The highest BCUT2D eigenvalue weighted by atomic mass is 16.2. The van der Waals surface area contributed by atoms with Gasteiger partial charge in [-0.25, -0.2) is 0 Å². The second-order valence-corrected chi connectivity index (χ2v) is 6.03. The lowest BCUT2D eigenvalue weighted by molar-refractivity contribution is -0.130. The lowest BCUT2D eigenvalue weighted by atomic mass is 9.92. The van der Waals surface area contributed by atoms with Crippen LogP contribution in [-0.2, 0) is 4.79 Å². The number of likely N-dealkylation sites (N-methyl/N-ethyl adjacent to an activating group) is 1. The van der Waals surface area contributed by atoms with E-state index in [9.17, 15) is 4.79 Å². The van der Waals surface area contributed by atoms with Gasteiger partial charge in [0.05, 0.1) is 6.54 Å². The first-order valence-electron chi connectivity index (χ1n) is 7.09. The van der Waals surface area contributed by atoms with Crippen LogP contribution in [0, 0.1) is 11.3 Å². The number of nitrogens with zero attached hydrogens (tertiary/aromatic N) is 1. The molecule has 2 rings (SSSR count). The first-order valence-corrected chi connectivity index (χ1v) is 7.09. The van der Waals surface area contributed by atoms with E-state index in [4.69, 9.17) is 0 Å². The van der Waals surface area contributed by atoms with E-state index in [-0.39, 0.29) is 5.91 Å². The van der Waals surface area contributed by atoms with Crippen molar-refractivity contribution in [2.75, 3.05) is 19.6 Å². The Morgan fingerprint density at radius 1 is 1.41 bits per heavy atom. The molecule has 0 spiro atoms. The van der Waals surface area contributed by atoms with Gasteiger partial charge in [-0.1, -0.05) is 13.8 Å². The molecule has 0 aromatic carbocycles. The van der Waals surface area contributed by atoms with Crippen molar-refractivity contribution in [2.45, 2.75) is 52.5 Å². The minimum atomic E-state index is 0.287. The van der Waals surface area contributed by atoms with Crippen LogP contribution in [0.5, 0.6) is 0 Å². The molecule has 3 heteroatoms. The third-order valence-corrected chi connectivity index (χ3v) is 4.52. The summed E-state index contributed by atoms with van der Waals surface area (Å²) in [6.07, 6.45) is 5.06. The van der Waals surface area contributed by atoms with Crippen molar-refractivity contribution in [1.82, 2.24) is 10.2 Å². The van der Waals surface area contributed by atoms with Crippen molar-refractivity contribution in [3.8, 4) is 0 Å². The predicted molar refractivity (Wildman–Crippen MR) is 69.8 cm³/mol. The molecule has 0 saturated heterocycles. The monoisotopic (exact) mass is 238 g/mol. The standard InChI is InChI=1S/C14H26N2O/c1-4-16(12-5-6-12)13(17)9-15-10-14(7-8-14)11(2)3/h11-12,15H,4-10H2,1-3H3. The van der Waals surface area contributed by atoms with Gasteiger partial charge in [0, 0.05) is 19.1 Å². The molecule has 0 aliphatic heterocycles. The van der Waals surface area contributed by atoms with Gasteiger partial charge in [-0.2, -0.15) is 0 Å². The van der Waals surface area contributed by atoms with Gasteiger partial charge in [0.1, 0.15) is 0 Å². The number of carbonyl (C=O) groups excluding carboxylic acids is 1. The van der Waals surface area contributed by atoms with Crippen LogP contribution in [0.25, 0.3) is 0 Å². The van der Waals surface area contributed by atoms with Crippen molar-refractivity contribution in [3.05, 3.63) is 0 Å². The van der Waals surface area contributed by atoms with Gasteiger partial charge >= 0.3 is 0 Å². The average Bonchev–Trinajstić information content (AvgIpc) is 3.13. The second-order valence-electron chi connectivity index (χ2n) is 6.03. The summed E-state index contributed by atoms with van der Waals surface area (Å²) in [6.45, 7) is 9.06. The Morgan fingerprint density at radius 2 is 2.06 bits per heavy atom. The Kier molecular flexibility index (Phi) is 3.76. The molecule has 0 radical (unpaired) electrons. The minimum Gasteiger partial charge on any atom is -0.339 e. The number of carbonyl (C=O) groups is 1. The van der Waals surface area contributed by atoms with Gasteiger partial charge in [-0.15, -0.1) is 0 Å². The SMILES string of the molecule is CCN(C(=O)CNCC1(C(C)C)CC1)C1CC1. The summed E-state index contributed by atoms with van der Waals surface area (Å²) in [4.78, 5) is 14.0. The quantitative estimate of drug-likeness (QED) is 0.736. The van der Waals surface area contributed by atoms with Crippen molar-refractivity contribution in [1.29, 1.82) is 0 Å². The summed E-state index contributed by atoms with van der Waals surface area (Å²) in [5.41, 5.74) is 0.497. The van der Waals surface area contributed by atoms with E-state index in [1.165, 1.54) is 25.7 Å². The fraction of sp³-hybridized carbons (Fsp3) is 0.929. The summed E-state index contributed by atoms with van der Waals surface area (Å²) in [5, 5.41) is 3.38. The molecule has 1 amide bonds. The van der Waals surface area contributed by atoms with Gasteiger partial charge in [0.25, 0.3) is 0 Å². The highest BCUT2D eigenvalue weighted by molar-refractivity contribution is 5.78. The zero-order chi connectivity index (χ0) is 12.5. The molecule has 3 nitrogen and oxygen atoms in total. The van der Waals surface area contributed by atoms with E-state index in [0.717, 1.165) is 19.0 Å². The molecule has 2 fully saturated rings. The number of amides is 1. The summed E-state index contributed by atoms with van der Waals surface area (Å²) < 4.78 is 0. The van der Waals surface area contributed by atoms with Gasteiger partial charge in [0.15, 0.2) is 0 Å². The van der Waals surface area contributed by atoms with Crippen molar-refractivity contribution < 1.29 is 4.79 Å². The van der Waals surface area contributed by atoms with E-state index >= 15 is 0 Å². The second kappa shape index (κ2) is 4.97. The van der Waals surface area contributed by atoms with Gasteiger partial charge in [-0.3, -0.25) is 4.79 Å². The average molecular weight is 238 g/mol. The van der Waals surface area contributed by atoms with E-state index in [0.29, 0.717) is 18.0 Å². The Morgan fingerprint density at radius 3 is 2.47 bits per heavy atom. The predicted octanol–water partition coefficient (Wildman–Crippen LogP) is 2.02. The molecule has 17 heavy (non-hydrogen) atoms. The summed E-state index contributed by atoms with van der Waals surface area (Å²) in [5.74, 6) is 1.02. The van der Waals surface area contributed by atoms with Crippen LogP contribution >= 0.6 is 0 Å². The smallest absolute Gasteiger partial charge is 0.236 e. The highest BCUT2D eigenvalue weighted by Crippen LogP contribution is 2.51. The van der Waals surface area contributed by atoms with Crippen LogP contribution in [0.3, 0.4) is 0 Å². The molecule has 2 saturated carbocycles. The fourth-order valence-electron chi connectivity index (χ4n) is 2.66. The third-order valence-electron chi connectivity index (χ3n) is 4.52. The Bertz CT molecular complexity index is 280. The molecule has 0 atom stereocenters. The molecule has 0 unspecified atom stereocenters. The number of rotatable bonds is 7. The lowest BCUT2D eigenvalue weighted by Crippen LogP contribution is -2.41. The Hall–Kier alpha value is -0.570. The third kappa shape index (κ3) is 3.01. The molecule has 0 aromatic rings. The van der Waals surface area contributed by atoms with Crippen molar-refractivity contribution in [2.24, 2.45) is 11.3 Å². The normalized spacial score (nSPS) is 21.6. The summed E-state index contributed by atoms with van der Waals surface area (Å²) in [6, 6.07) is 0.550. The maximum atomic E-state index is 12.0. The van der Waals surface area contributed by atoms with Gasteiger partial charge in [0.2, 0.25) is 5.91 Å². The zero-order valence-electron chi connectivity index (χ0n) is 11.5. The largest absolute Gasteiger partial charge is 0.339 e. The maximum Gasteiger partial charge on any atom is 0.236 e.